The molecule has 0 unspecified atom stereocenters. The third-order valence-corrected chi connectivity index (χ3v) is 5.64. The second kappa shape index (κ2) is 8.81. The molecule has 0 spiro atoms. The molecule has 8 heteroatoms. The van der Waals surface area contributed by atoms with Crippen LogP contribution >= 0.6 is 11.3 Å². The smallest absolute Gasteiger partial charge is 0.273 e. The van der Waals surface area contributed by atoms with Gasteiger partial charge in [-0.2, -0.15) is 0 Å². The molecular formula is C18H29N5O2S. The lowest BCUT2D eigenvalue weighted by atomic mass is 10.1. The number of thiazole rings is 1. The first kappa shape index (κ1) is 19.1. The van der Waals surface area contributed by atoms with Crippen LogP contribution in [0.3, 0.4) is 0 Å². The molecular weight excluding hydrogens is 350 g/mol. The Morgan fingerprint density at radius 3 is 2.42 bits per heavy atom. The number of amides is 2. The molecule has 1 aromatic rings. The Balaban J connectivity index is 1.46. The van der Waals surface area contributed by atoms with E-state index < -0.39 is 0 Å². The zero-order chi connectivity index (χ0) is 18.5. The van der Waals surface area contributed by atoms with Gasteiger partial charge < -0.3 is 15.1 Å². The Bertz CT molecular complexity index is 619. The standard InChI is InChI=1S/C18H29N5O2S/c1-14(2)19-18-20-15(13-26-18)17(25)23-10-8-21(9-11-23)12-16(24)22-6-4-3-5-7-22/h13-14H,3-12H2,1-2H3,(H,19,20). The second-order valence-corrected chi connectivity index (χ2v) is 8.20. The van der Waals surface area contributed by atoms with Crippen molar-refractivity contribution in [3.05, 3.63) is 11.1 Å². The van der Waals surface area contributed by atoms with Gasteiger partial charge in [-0.05, 0) is 33.1 Å². The molecule has 1 aromatic heterocycles. The number of nitrogens with zero attached hydrogens (tertiary/aromatic N) is 4. The fraction of sp³-hybridized carbons (Fsp3) is 0.722. The summed E-state index contributed by atoms with van der Waals surface area (Å²) in [5.74, 6) is 0.216. The Hall–Kier alpha value is -1.67. The van der Waals surface area contributed by atoms with Gasteiger partial charge in [0.25, 0.3) is 5.91 Å². The molecule has 2 amide bonds. The van der Waals surface area contributed by atoms with Gasteiger partial charge in [0.2, 0.25) is 5.91 Å². The number of piperidine rings is 1. The van der Waals surface area contributed by atoms with Crippen molar-refractivity contribution in [3.63, 3.8) is 0 Å². The lowest BCUT2D eigenvalue weighted by molar-refractivity contribution is -0.133. The van der Waals surface area contributed by atoms with Gasteiger partial charge in [-0.1, -0.05) is 0 Å². The zero-order valence-electron chi connectivity index (χ0n) is 15.7. The number of likely N-dealkylation sites (tertiary alicyclic amines) is 1. The van der Waals surface area contributed by atoms with Crippen LogP contribution in [0.2, 0.25) is 0 Å². The van der Waals surface area contributed by atoms with Gasteiger partial charge in [0.05, 0.1) is 6.54 Å². The van der Waals surface area contributed by atoms with E-state index in [1.54, 1.807) is 0 Å². The Labute approximate surface area is 159 Å². The maximum Gasteiger partial charge on any atom is 0.273 e. The van der Waals surface area contributed by atoms with Crippen LogP contribution in [0.5, 0.6) is 0 Å². The Morgan fingerprint density at radius 2 is 1.77 bits per heavy atom. The summed E-state index contributed by atoms with van der Waals surface area (Å²) >= 11 is 1.46. The summed E-state index contributed by atoms with van der Waals surface area (Å²) in [6.45, 7) is 9.15. The van der Waals surface area contributed by atoms with E-state index >= 15 is 0 Å². The van der Waals surface area contributed by atoms with Crippen molar-refractivity contribution in [1.29, 1.82) is 0 Å². The summed E-state index contributed by atoms with van der Waals surface area (Å²) < 4.78 is 0. The van der Waals surface area contributed by atoms with Gasteiger partial charge in [-0.3, -0.25) is 14.5 Å². The van der Waals surface area contributed by atoms with E-state index in [2.05, 4.69) is 15.2 Å². The van der Waals surface area contributed by atoms with Crippen LogP contribution in [-0.4, -0.2) is 83.4 Å². The molecule has 26 heavy (non-hydrogen) atoms. The van der Waals surface area contributed by atoms with Gasteiger partial charge in [-0.15, -0.1) is 11.3 Å². The maximum atomic E-state index is 12.6. The molecule has 0 aliphatic carbocycles. The van der Waals surface area contributed by atoms with E-state index in [4.69, 9.17) is 0 Å². The highest BCUT2D eigenvalue weighted by Crippen LogP contribution is 2.18. The van der Waals surface area contributed by atoms with Crippen molar-refractivity contribution in [3.8, 4) is 0 Å². The predicted octanol–water partition coefficient (Wildman–Crippen LogP) is 1.73. The van der Waals surface area contributed by atoms with Crippen LogP contribution < -0.4 is 5.32 Å². The minimum Gasteiger partial charge on any atom is -0.359 e. The van der Waals surface area contributed by atoms with Gasteiger partial charge in [0, 0.05) is 50.7 Å². The fourth-order valence-electron chi connectivity index (χ4n) is 3.39. The van der Waals surface area contributed by atoms with Crippen molar-refractivity contribution < 1.29 is 9.59 Å². The highest BCUT2D eigenvalue weighted by molar-refractivity contribution is 7.13. The number of nitrogens with one attached hydrogen (secondary N) is 1. The zero-order valence-corrected chi connectivity index (χ0v) is 16.6. The van der Waals surface area contributed by atoms with Gasteiger partial charge >= 0.3 is 0 Å². The van der Waals surface area contributed by atoms with Crippen molar-refractivity contribution in [2.75, 3.05) is 51.1 Å². The molecule has 144 valence electrons. The molecule has 0 bridgehead atoms. The van der Waals surface area contributed by atoms with Crippen molar-refractivity contribution >= 4 is 28.3 Å². The molecule has 0 radical (unpaired) electrons. The molecule has 2 aliphatic rings. The summed E-state index contributed by atoms with van der Waals surface area (Å²) in [4.78, 5) is 35.4. The molecule has 0 atom stereocenters. The lowest BCUT2D eigenvalue weighted by Gasteiger charge is -2.35. The number of hydrogen-bond acceptors (Lipinski definition) is 6. The van der Waals surface area contributed by atoms with Crippen molar-refractivity contribution in [2.45, 2.75) is 39.2 Å². The molecule has 3 heterocycles. The topological polar surface area (TPSA) is 68.8 Å². The van der Waals surface area contributed by atoms with E-state index in [0.717, 1.165) is 44.2 Å². The fourth-order valence-corrected chi connectivity index (χ4v) is 4.22. The van der Waals surface area contributed by atoms with Crippen LogP contribution in [-0.2, 0) is 4.79 Å². The molecule has 1 N–H and O–H groups in total. The molecule has 3 rings (SSSR count). The van der Waals surface area contributed by atoms with E-state index in [9.17, 15) is 9.59 Å². The number of aromatic nitrogens is 1. The summed E-state index contributed by atoms with van der Waals surface area (Å²) in [5, 5.41) is 5.83. The monoisotopic (exact) mass is 379 g/mol. The van der Waals surface area contributed by atoms with E-state index in [1.807, 2.05) is 29.0 Å². The van der Waals surface area contributed by atoms with Crippen LogP contribution in [0.25, 0.3) is 0 Å². The Kier molecular flexibility index (Phi) is 6.48. The first-order chi connectivity index (χ1) is 12.5. The molecule has 2 saturated heterocycles. The molecule has 0 saturated carbocycles. The quantitative estimate of drug-likeness (QED) is 0.844. The summed E-state index contributed by atoms with van der Waals surface area (Å²) in [6.07, 6.45) is 3.47. The van der Waals surface area contributed by atoms with Crippen LogP contribution in [0.15, 0.2) is 5.38 Å². The second-order valence-electron chi connectivity index (χ2n) is 7.35. The van der Waals surface area contributed by atoms with Crippen LogP contribution in [0.1, 0.15) is 43.6 Å². The van der Waals surface area contributed by atoms with Gasteiger partial charge in [0.1, 0.15) is 5.69 Å². The molecule has 2 aliphatic heterocycles. The predicted molar refractivity (Wildman–Crippen MR) is 104 cm³/mol. The van der Waals surface area contributed by atoms with Crippen molar-refractivity contribution in [2.24, 2.45) is 0 Å². The third kappa shape index (κ3) is 4.94. The summed E-state index contributed by atoms with van der Waals surface area (Å²) in [7, 11) is 0. The Morgan fingerprint density at radius 1 is 1.08 bits per heavy atom. The number of carbonyl (C=O) groups excluding carboxylic acids is 2. The minimum absolute atomic E-state index is 0.0138. The average Bonchev–Trinajstić information content (AvgIpc) is 3.10. The third-order valence-electron chi connectivity index (χ3n) is 4.86. The van der Waals surface area contributed by atoms with Crippen LogP contribution in [0.4, 0.5) is 5.13 Å². The van der Waals surface area contributed by atoms with E-state index in [-0.39, 0.29) is 11.8 Å². The normalized spacial score (nSPS) is 19.0. The number of hydrogen-bond donors (Lipinski definition) is 1. The van der Waals surface area contributed by atoms with Crippen molar-refractivity contribution in [1.82, 2.24) is 19.7 Å². The average molecular weight is 380 g/mol. The molecule has 2 fully saturated rings. The van der Waals surface area contributed by atoms with Crippen LogP contribution in [0, 0.1) is 0 Å². The lowest BCUT2D eigenvalue weighted by Crippen LogP contribution is -2.52. The maximum absolute atomic E-state index is 12.6. The summed E-state index contributed by atoms with van der Waals surface area (Å²) in [6, 6.07) is 0.296. The minimum atomic E-state index is -0.0138. The molecule has 0 aromatic carbocycles. The van der Waals surface area contributed by atoms with E-state index in [1.165, 1.54) is 17.8 Å². The highest BCUT2D eigenvalue weighted by Gasteiger charge is 2.26. The largest absolute Gasteiger partial charge is 0.359 e. The number of rotatable bonds is 5. The SMILES string of the molecule is CC(C)Nc1nc(C(=O)N2CCN(CC(=O)N3CCCCC3)CC2)cs1. The first-order valence-electron chi connectivity index (χ1n) is 9.54. The van der Waals surface area contributed by atoms with Gasteiger partial charge in [0.15, 0.2) is 5.13 Å². The van der Waals surface area contributed by atoms with E-state index in [0.29, 0.717) is 31.4 Å². The number of carbonyl (C=O) groups is 2. The first-order valence-corrected chi connectivity index (χ1v) is 10.4. The number of anilines is 1. The molecule has 7 nitrogen and oxygen atoms in total. The van der Waals surface area contributed by atoms with Gasteiger partial charge in [-0.25, -0.2) is 4.98 Å². The summed E-state index contributed by atoms with van der Waals surface area (Å²) in [5.41, 5.74) is 0.510. The number of piperazine rings is 1. The highest BCUT2D eigenvalue weighted by atomic mass is 32.1.